The van der Waals surface area contributed by atoms with Crippen molar-refractivity contribution in [3.8, 4) is 11.5 Å². The molecule has 7 nitrogen and oxygen atoms in total. The maximum atomic E-state index is 11.8. The number of nitrogens with zero attached hydrogens (tertiary/aromatic N) is 1. The second kappa shape index (κ2) is 10.7. The van der Waals surface area contributed by atoms with E-state index in [1.165, 1.54) is 6.21 Å². The van der Waals surface area contributed by atoms with Gasteiger partial charge in [-0.1, -0.05) is 18.2 Å². The Morgan fingerprint density at radius 2 is 1.68 bits per heavy atom. The fourth-order valence-corrected chi connectivity index (χ4v) is 2.24. The molecule has 0 saturated carbocycles. The Morgan fingerprint density at radius 1 is 1.00 bits per heavy atom. The number of carbonyl (C=O) groups is 2. The van der Waals surface area contributed by atoms with E-state index < -0.39 is 0 Å². The Kier molecular flexibility index (Phi) is 8.02. The van der Waals surface area contributed by atoms with Crippen molar-refractivity contribution in [2.24, 2.45) is 5.10 Å². The lowest BCUT2D eigenvalue weighted by molar-refractivity contribution is -0.124. The molecule has 2 rings (SSSR count). The van der Waals surface area contributed by atoms with Gasteiger partial charge in [0, 0.05) is 6.04 Å². The topological polar surface area (TPSA) is 89.0 Å². The first-order chi connectivity index (χ1) is 13.4. The minimum absolute atomic E-state index is 0.0391. The van der Waals surface area contributed by atoms with Gasteiger partial charge in [-0.05, 0) is 62.2 Å². The van der Waals surface area contributed by atoms with E-state index >= 15 is 0 Å². The Bertz CT molecular complexity index is 817. The van der Waals surface area contributed by atoms with Crippen LogP contribution in [0.1, 0.15) is 25.0 Å². The highest BCUT2D eigenvalue weighted by Gasteiger charge is 2.05. The van der Waals surface area contributed by atoms with E-state index in [1.807, 2.05) is 45.0 Å². The van der Waals surface area contributed by atoms with Gasteiger partial charge in [-0.2, -0.15) is 5.10 Å². The molecule has 28 heavy (non-hydrogen) atoms. The lowest BCUT2D eigenvalue weighted by Crippen LogP contribution is -2.34. The van der Waals surface area contributed by atoms with Gasteiger partial charge in [0.15, 0.2) is 13.2 Å². The van der Waals surface area contributed by atoms with Crippen molar-refractivity contribution in [1.82, 2.24) is 10.7 Å². The van der Waals surface area contributed by atoms with Crippen LogP contribution in [0.25, 0.3) is 0 Å². The summed E-state index contributed by atoms with van der Waals surface area (Å²) in [4.78, 5) is 23.3. The standard InChI is InChI=1S/C21H25N3O4/c1-15(2)23-20(25)13-27-18-10-8-17(9-11-18)12-22-24-21(26)14-28-19-7-5-4-6-16(19)3/h4-12,15H,13-14H2,1-3H3,(H,23,25)(H,24,26)/b22-12-. The van der Waals surface area contributed by atoms with Crippen LogP contribution in [-0.4, -0.2) is 37.3 Å². The summed E-state index contributed by atoms with van der Waals surface area (Å²) in [5.74, 6) is 0.720. The molecule has 7 heteroatoms. The van der Waals surface area contributed by atoms with Crippen LogP contribution < -0.4 is 20.2 Å². The highest BCUT2D eigenvalue weighted by molar-refractivity contribution is 5.83. The van der Waals surface area contributed by atoms with Gasteiger partial charge in [0.1, 0.15) is 11.5 Å². The van der Waals surface area contributed by atoms with E-state index in [2.05, 4.69) is 15.8 Å². The quantitative estimate of drug-likeness (QED) is 0.514. The van der Waals surface area contributed by atoms with Crippen LogP contribution in [0.2, 0.25) is 0 Å². The fraction of sp³-hybridized carbons (Fsp3) is 0.286. The van der Waals surface area contributed by atoms with Gasteiger partial charge in [0.2, 0.25) is 0 Å². The van der Waals surface area contributed by atoms with Gasteiger partial charge in [0.05, 0.1) is 6.21 Å². The Morgan fingerprint density at radius 3 is 2.36 bits per heavy atom. The summed E-state index contributed by atoms with van der Waals surface area (Å²) < 4.78 is 10.9. The Hall–Kier alpha value is -3.35. The van der Waals surface area contributed by atoms with E-state index in [-0.39, 0.29) is 31.1 Å². The van der Waals surface area contributed by atoms with Crippen LogP contribution in [0.4, 0.5) is 0 Å². The molecule has 0 unspecified atom stereocenters. The fourth-order valence-electron chi connectivity index (χ4n) is 2.24. The number of rotatable bonds is 9. The van der Waals surface area contributed by atoms with Crippen molar-refractivity contribution >= 4 is 18.0 Å². The summed E-state index contributed by atoms with van der Waals surface area (Å²) in [5, 5.41) is 6.65. The summed E-state index contributed by atoms with van der Waals surface area (Å²) in [6.45, 7) is 5.53. The Labute approximate surface area is 164 Å². The molecule has 2 N–H and O–H groups in total. The van der Waals surface area contributed by atoms with Crippen molar-refractivity contribution in [2.45, 2.75) is 26.8 Å². The van der Waals surface area contributed by atoms with Gasteiger partial charge < -0.3 is 14.8 Å². The first-order valence-electron chi connectivity index (χ1n) is 8.96. The number of amides is 2. The van der Waals surface area contributed by atoms with E-state index in [9.17, 15) is 9.59 Å². The van der Waals surface area contributed by atoms with E-state index in [1.54, 1.807) is 24.3 Å². The number of hydrazone groups is 1. The smallest absolute Gasteiger partial charge is 0.277 e. The summed E-state index contributed by atoms with van der Waals surface area (Å²) in [5.41, 5.74) is 4.15. The predicted molar refractivity (Wildman–Crippen MR) is 108 cm³/mol. The van der Waals surface area contributed by atoms with Crippen LogP contribution in [0, 0.1) is 6.92 Å². The van der Waals surface area contributed by atoms with E-state index in [4.69, 9.17) is 9.47 Å². The molecule has 2 aromatic carbocycles. The van der Waals surface area contributed by atoms with Gasteiger partial charge in [0.25, 0.3) is 11.8 Å². The summed E-state index contributed by atoms with van der Waals surface area (Å²) in [7, 11) is 0. The first kappa shape index (κ1) is 21.0. The third kappa shape index (κ3) is 7.49. The van der Waals surface area contributed by atoms with Gasteiger partial charge >= 0.3 is 0 Å². The first-order valence-corrected chi connectivity index (χ1v) is 8.96. The number of aryl methyl sites for hydroxylation is 1. The van der Waals surface area contributed by atoms with Crippen LogP contribution in [0.15, 0.2) is 53.6 Å². The summed E-state index contributed by atoms with van der Waals surface area (Å²) in [6, 6.07) is 14.6. The van der Waals surface area contributed by atoms with Crippen LogP contribution in [0.3, 0.4) is 0 Å². The molecular weight excluding hydrogens is 358 g/mol. The van der Waals surface area contributed by atoms with Crippen molar-refractivity contribution in [3.63, 3.8) is 0 Å². The van der Waals surface area contributed by atoms with Crippen LogP contribution in [-0.2, 0) is 9.59 Å². The van der Waals surface area contributed by atoms with Crippen molar-refractivity contribution < 1.29 is 19.1 Å². The number of para-hydroxylation sites is 1. The van der Waals surface area contributed by atoms with E-state index in [0.717, 1.165) is 11.1 Å². The maximum absolute atomic E-state index is 11.8. The molecule has 0 radical (unpaired) electrons. The Balaban J connectivity index is 1.74. The molecule has 0 bridgehead atoms. The van der Waals surface area contributed by atoms with Crippen molar-refractivity contribution in [3.05, 3.63) is 59.7 Å². The molecule has 0 saturated heterocycles. The third-order valence-corrected chi connectivity index (χ3v) is 3.55. The largest absolute Gasteiger partial charge is 0.484 e. The molecule has 0 aliphatic carbocycles. The van der Waals surface area contributed by atoms with Crippen LogP contribution in [0.5, 0.6) is 11.5 Å². The highest BCUT2D eigenvalue weighted by atomic mass is 16.5. The number of benzene rings is 2. The number of hydrogen-bond donors (Lipinski definition) is 2. The van der Waals surface area contributed by atoms with Gasteiger partial charge in [-0.15, -0.1) is 0 Å². The molecule has 0 fully saturated rings. The van der Waals surface area contributed by atoms with Crippen LogP contribution >= 0.6 is 0 Å². The zero-order valence-corrected chi connectivity index (χ0v) is 16.3. The van der Waals surface area contributed by atoms with Gasteiger partial charge in [-0.25, -0.2) is 5.43 Å². The zero-order chi connectivity index (χ0) is 20.4. The lowest BCUT2D eigenvalue weighted by atomic mass is 10.2. The summed E-state index contributed by atoms with van der Waals surface area (Å²) >= 11 is 0. The van der Waals surface area contributed by atoms with Crippen molar-refractivity contribution in [1.29, 1.82) is 0 Å². The second-order valence-corrected chi connectivity index (χ2v) is 6.43. The maximum Gasteiger partial charge on any atom is 0.277 e. The average molecular weight is 383 g/mol. The third-order valence-electron chi connectivity index (χ3n) is 3.55. The van der Waals surface area contributed by atoms with E-state index in [0.29, 0.717) is 11.5 Å². The highest BCUT2D eigenvalue weighted by Crippen LogP contribution is 2.15. The molecule has 0 aliphatic rings. The minimum Gasteiger partial charge on any atom is -0.484 e. The average Bonchev–Trinajstić information content (AvgIpc) is 2.66. The minimum atomic E-state index is -0.351. The number of ether oxygens (including phenoxy) is 2. The summed E-state index contributed by atoms with van der Waals surface area (Å²) in [6.07, 6.45) is 1.51. The SMILES string of the molecule is Cc1ccccc1OCC(=O)N/N=C\c1ccc(OCC(=O)NC(C)C)cc1. The number of nitrogens with one attached hydrogen (secondary N) is 2. The molecule has 148 valence electrons. The molecule has 0 aromatic heterocycles. The lowest BCUT2D eigenvalue weighted by Gasteiger charge is -2.09. The second-order valence-electron chi connectivity index (χ2n) is 6.43. The van der Waals surface area contributed by atoms with Crippen molar-refractivity contribution in [2.75, 3.05) is 13.2 Å². The molecule has 2 amide bonds. The zero-order valence-electron chi connectivity index (χ0n) is 16.3. The predicted octanol–water partition coefficient (Wildman–Crippen LogP) is 2.43. The molecule has 2 aromatic rings. The molecule has 0 aliphatic heterocycles. The number of hydrogen-bond acceptors (Lipinski definition) is 5. The number of carbonyl (C=O) groups excluding carboxylic acids is 2. The molecular formula is C21H25N3O4. The molecule has 0 atom stereocenters. The molecule has 0 spiro atoms. The monoisotopic (exact) mass is 383 g/mol. The van der Waals surface area contributed by atoms with Gasteiger partial charge in [-0.3, -0.25) is 9.59 Å². The normalized spacial score (nSPS) is 10.7. The molecule has 0 heterocycles.